The Morgan fingerprint density at radius 2 is 2.06 bits per heavy atom. The van der Waals surface area contributed by atoms with E-state index in [1.54, 1.807) is 7.11 Å². The molecule has 0 aromatic rings. The quantitative estimate of drug-likeness (QED) is 0.725. The summed E-state index contributed by atoms with van der Waals surface area (Å²) >= 11 is 0. The molecule has 2 N–H and O–H groups in total. The predicted octanol–water partition coefficient (Wildman–Crippen LogP) is 0.638. The molecule has 1 aliphatic rings. The number of carboxylic acids is 1. The van der Waals surface area contributed by atoms with Crippen molar-refractivity contribution in [3.8, 4) is 0 Å². The van der Waals surface area contributed by atoms with E-state index in [2.05, 4.69) is 5.32 Å². The maximum absolute atomic E-state index is 11.7. The number of carboxylic acid groups (broad SMARTS) is 1. The molecule has 1 amide bonds. The number of hydrogen-bond acceptors (Lipinski definition) is 3. The molecule has 0 spiro atoms. The van der Waals surface area contributed by atoms with Crippen molar-refractivity contribution in [1.82, 2.24) is 5.32 Å². The maximum Gasteiger partial charge on any atom is 0.306 e. The van der Waals surface area contributed by atoms with Crippen LogP contribution in [0, 0.1) is 11.8 Å². The number of aliphatic carboxylic acids is 1. The van der Waals surface area contributed by atoms with Gasteiger partial charge in [0.05, 0.1) is 12.5 Å². The van der Waals surface area contributed by atoms with Gasteiger partial charge in [0.1, 0.15) is 0 Å². The highest BCUT2D eigenvalue weighted by Crippen LogP contribution is 2.31. The predicted molar refractivity (Wildman–Crippen MR) is 57.9 cm³/mol. The minimum Gasteiger partial charge on any atom is -0.481 e. The SMILES string of the molecule is COCC(C)NC(=O)C1CCC(C(=O)O)C1. The smallest absolute Gasteiger partial charge is 0.306 e. The maximum atomic E-state index is 11.7. The van der Waals surface area contributed by atoms with Gasteiger partial charge < -0.3 is 15.2 Å². The minimum absolute atomic E-state index is 0.0265. The molecule has 5 heteroatoms. The zero-order valence-electron chi connectivity index (χ0n) is 9.73. The van der Waals surface area contributed by atoms with E-state index in [0.717, 1.165) is 0 Å². The molecule has 0 aromatic heterocycles. The normalized spacial score (nSPS) is 26.4. The second kappa shape index (κ2) is 5.84. The summed E-state index contributed by atoms with van der Waals surface area (Å²) < 4.78 is 4.92. The van der Waals surface area contributed by atoms with Crippen molar-refractivity contribution in [3.05, 3.63) is 0 Å². The van der Waals surface area contributed by atoms with Crippen LogP contribution < -0.4 is 5.32 Å². The topological polar surface area (TPSA) is 75.6 Å². The van der Waals surface area contributed by atoms with E-state index in [1.165, 1.54) is 0 Å². The van der Waals surface area contributed by atoms with Crippen LogP contribution in [-0.4, -0.2) is 36.7 Å². The van der Waals surface area contributed by atoms with Crippen molar-refractivity contribution in [2.24, 2.45) is 11.8 Å². The lowest BCUT2D eigenvalue weighted by Gasteiger charge is -2.16. The highest BCUT2D eigenvalue weighted by atomic mass is 16.5. The molecule has 3 unspecified atom stereocenters. The Morgan fingerprint density at radius 1 is 1.44 bits per heavy atom. The summed E-state index contributed by atoms with van der Waals surface area (Å²) in [4.78, 5) is 22.5. The summed E-state index contributed by atoms with van der Waals surface area (Å²) in [6, 6.07) is -0.0265. The number of methoxy groups -OCH3 is 1. The second-order valence-corrected chi connectivity index (χ2v) is 4.41. The Kier molecular flexibility index (Phi) is 4.73. The molecule has 0 saturated heterocycles. The summed E-state index contributed by atoms with van der Waals surface area (Å²) in [5.74, 6) is -1.34. The summed E-state index contributed by atoms with van der Waals surface area (Å²) in [5.41, 5.74) is 0. The van der Waals surface area contributed by atoms with Gasteiger partial charge in [0.25, 0.3) is 0 Å². The molecular formula is C11H19NO4. The third-order valence-corrected chi connectivity index (χ3v) is 2.96. The van der Waals surface area contributed by atoms with Crippen LogP contribution >= 0.6 is 0 Å². The van der Waals surface area contributed by atoms with Gasteiger partial charge in [-0.15, -0.1) is 0 Å². The number of hydrogen-bond donors (Lipinski definition) is 2. The lowest BCUT2D eigenvalue weighted by molar-refractivity contribution is -0.141. The molecule has 1 rings (SSSR count). The number of nitrogens with one attached hydrogen (secondary N) is 1. The van der Waals surface area contributed by atoms with Crippen molar-refractivity contribution in [3.63, 3.8) is 0 Å². The first-order chi connectivity index (χ1) is 7.54. The van der Waals surface area contributed by atoms with Crippen LogP contribution in [-0.2, 0) is 14.3 Å². The van der Waals surface area contributed by atoms with Gasteiger partial charge in [-0.25, -0.2) is 0 Å². The van der Waals surface area contributed by atoms with E-state index in [-0.39, 0.29) is 23.8 Å². The van der Waals surface area contributed by atoms with E-state index in [4.69, 9.17) is 9.84 Å². The zero-order valence-corrected chi connectivity index (χ0v) is 9.73. The van der Waals surface area contributed by atoms with Gasteiger partial charge in [0, 0.05) is 19.1 Å². The van der Waals surface area contributed by atoms with Crippen molar-refractivity contribution in [2.75, 3.05) is 13.7 Å². The Bertz CT molecular complexity index is 267. The molecule has 1 fully saturated rings. The van der Waals surface area contributed by atoms with Crippen LogP contribution in [0.2, 0.25) is 0 Å². The molecule has 1 aliphatic carbocycles. The molecule has 5 nitrogen and oxygen atoms in total. The molecular weight excluding hydrogens is 210 g/mol. The molecule has 1 saturated carbocycles. The molecule has 0 aliphatic heterocycles. The summed E-state index contributed by atoms with van der Waals surface area (Å²) in [6.45, 7) is 2.34. The third-order valence-electron chi connectivity index (χ3n) is 2.96. The Labute approximate surface area is 95.2 Å². The van der Waals surface area contributed by atoms with E-state index in [9.17, 15) is 9.59 Å². The largest absolute Gasteiger partial charge is 0.481 e. The number of carbonyl (C=O) groups excluding carboxylic acids is 1. The molecule has 3 atom stereocenters. The minimum atomic E-state index is -0.791. The van der Waals surface area contributed by atoms with Crippen LogP contribution in [0.25, 0.3) is 0 Å². The van der Waals surface area contributed by atoms with Crippen molar-refractivity contribution in [2.45, 2.75) is 32.2 Å². The first-order valence-corrected chi connectivity index (χ1v) is 5.56. The van der Waals surface area contributed by atoms with Crippen LogP contribution in [0.3, 0.4) is 0 Å². The molecule has 0 radical (unpaired) electrons. The van der Waals surface area contributed by atoms with Crippen LogP contribution in [0.4, 0.5) is 0 Å². The fourth-order valence-corrected chi connectivity index (χ4v) is 2.10. The van der Waals surface area contributed by atoms with Gasteiger partial charge in [-0.2, -0.15) is 0 Å². The standard InChI is InChI=1S/C11H19NO4/c1-7(6-16-2)12-10(13)8-3-4-9(5-8)11(14)15/h7-9H,3-6H2,1-2H3,(H,12,13)(H,14,15). The van der Waals surface area contributed by atoms with Crippen LogP contribution in [0.5, 0.6) is 0 Å². The monoisotopic (exact) mass is 229 g/mol. The zero-order chi connectivity index (χ0) is 12.1. The first kappa shape index (κ1) is 13.0. The van der Waals surface area contributed by atoms with Crippen molar-refractivity contribution >= 4 is 11.9 Å². The average molecular weight is 229 g/mol. The highest BCUT2D eigenvalue weighted by molar-refractivity contribution is 5.81. The first-order valence-electron chi connectivity index (χ1n) is 5.56. The fraction of sp³-hybridized carbons (Fsp3) is 0.818. The number of ether oxygens (including phenoxy) is 1. The molecule has 16 heavy (non-hydrogen) atoms. The Morgan fingerprint density at radius 3 is 2.56 bits per heavy atom. The van der Waals surface area contributed by atoms with Gasteiger partial charge in [-0.1, -0.05) is 0 Å². The second-order valence-electron chi connectivity index (χ2n) is 4.41. The number of amides is 1. The van der Waals surface area contributed by atoms with Gasteiger partial charge in [0.15, 0.2) is 0 Å². The van der Waals surface area contributed by atoms with Crippen molar-refractivity contribution < 1.29 is 19.4 Å². The molecule has 92 valence electrons. The summed E-state index contributed by atoms with van der Waals surface area (Å²) in [5, 5.41) is 11.7. The van der Waals surface area contributed by atoms with E-state index in [0.29, 0.717) is 25.9 Å². The molecule has 0 heterocycles. The Hall–Kier alpha value is -1.10. The third kappa shape index (κ3) is 3.48. The fourth-order valence-electron chi connectivity index (χ4n) is 2.10. The van der Waals surface area contributed by atoms with Crippen molar-refractivity contribution in [1.29, 1.82) is 0 Å². The summed E-state index contributed by atoms with van der Waals surface area (Å²) in [6.07, 6.45) is 1.73. The van der Waals surface area contributed by atoms with Crippen LogP contribution in [0.1, 0.15) is 26.2 Å². The van der Waals surface area contributed by atoms with E-state index >= 15 is 0 Å². The van der Waals surface area contributed by atoms with Gasteiger partial charge in [-0.3, -0.25) is 9.59 Å². The van der Waals surface area contributed by atoms with Gasteiger partial charge >= 0.3 is 5.97 Å². The Balaban J connectivity index is 2.36. The number of rotatable bonds is 5. The van der Waals surface area contributed by atoms with E-state index < -0.39 is 5.97 Å². The molecule has 0 aromatic carbocycles. The lowest BCUT2D eigenvalue weighted by Crippen LogP contribution is -2.39. The summed E-state index contributed by atoms with van der Waals surface area (Å²) in [7, 11) is 1.58. The van der Waals surface area contributed by atoms with Crippen LogP contribution in [0.15, 0.2) is 0 Å². The average Bonchev–Trinajstić information content (AvgIpc) is 2.66. The highest BCUT2D eigenvalue weighted by Gasteiger charge is 2.33. The van der Waals surface area contributed by atoms with Gasteiger partial charge in [-0.05, 0) is 26.2 Å². The van der Waals surface area contributed by atoms with Gasteiger partial charge in [0.2, 0.25) is 5.91 Å². The number of carbonyl (C=O) groups is 2. The lowest BCUT2D eigenvalue weighted by atomic mass is 10.0. The molecule has 0 bridgehead atoms. The van der Waals surface area contributed by atoms with E-state index in [1.807, 2.05) is 6.92 Å².